The normalized spacial score (nSPS) is 11.0. The fraction of sp³-hybridized carbons (Fsp3) is 0.176. The Bertz CT molecular complexity index is 742. The number of carbonyl (C=O) groups excluding carboxylic acids is 1. The van der Waals surface area contributed by atoms with Crippen molar-refractivity contribution in [3.63, 3.8) is 0 Å². The SMILES string of the molecule is COc1ccc(C(=O)NN=C(C)c2cccc(N)c2)cc1OC. The lowest BCUT2D eigenvalue weighted by Gasteiger charge is -2.09. The van der Waals surface area contributed by atoms with E-state index in [0.717, 1.165) is 5.56 Å². The highest BCUT2D eigenvalue weighted by Gasteiger charge is 2.10. The number of nitrogens with two attached hydrogens (primary N) is 1. The molecule has 0 aromatic heterocycles. The van der Waals surface area contributed by atoms with Gasteiger partial charge in [0, 0.05) is 11.3 Å². The maximum absolute atomic E-state index is 12.2. The maximum Gasteiger partial charge on any atom is 0.271 e. The Hall–Kier alpha value is -3.02. The van der Waals surface area contributed by atoms with E-state index >= 15 is 0 Å². The molecule has 2 aromatic carbocycles. The van der Waals surface area contributed by atoms with Crippen LogP contribution in [0.3, 0.4) is 0 Å². The molecule has 0 atom stereocenters. The van der Waals surface area contributed by atoms with Crippen molar-refractivity contribution < 1.29 is 14.3 Å². The minimum atomic E-state index is -0.339. The predicted octanol–water partition coefficient (Wildman–Crippen LogP) is 2.44. The Morgan fingerprint density at radius 2 is 1.78 bits per heavy atom. The summed E-state index contributed by atoms with van der Waals surface area (Å²) in [5.41, 5.74) is 10.8. The van der Waals surface area contributed by atoms with Crippen LogP contribution in [0.5, 0.6) is 11.5 Å². The molecule has 0 fully saturated rings. The van der Waals surface area contributed by atoms with E-state index in [2.05, 4.69) is 10.5 Å². The summed E-state index contributed by atoms with van der Waals surface area (Å²) >= 11 is 0. The highest BCUT2D eigenvalue weighted by Crippen LogP contribution is 2.27. The average Bonchev–Trinajstić information content (AvgIpc) is 2.58. The summed E-state index contributed by atoms with van der Waals surface area (Å²) in [6, 6.07) is 12.2. The number of benzene rings is 2. The zero-order chi connectivity index (χ0) is 16.8. The average molecular weight is 313 g/mol. The minimum absolute atomic E-state index is 0.339. The van der Waals surface area contributed by atoms with Gasteiger partial charge in [-0.3, -0.25) is 4.79 Å². The van der Waals surface area contributed by atoms with Gasteiger partial charge >= 0.3 is 0 Å². The van der Waals surface area contributed by atoms with Crippen molar-refractivity contribution in [1.82, 2.24) is 5.43 Å². The number of ether oxygens (including phenoxy) is 2. The van der Waals surface area contributed by atoms with Gasteiger partial charge in [0.1, 0.15) is 0 Å². The third kappa shape index (κ3) is 4.00. The number of hydrazone groups is 1. The first kappa shape index (κ1) is 16.4. The molecule has 120 valence electrons. The van der Waals surface area contributed by atoms with E-state index in [9.17, 15) is 4.79 Å². The molecular weight excluding hydrogens is 294 g/mol. The first-order valence-corrected chi connectivity index (χ1v) is 6.97. The summed E-state index contributed by atoms with van der Waals surface area (Å²) in [5.74, 6) is 0.703. The van der Waals surface area contributed by atoms with E-state index in [4.69, 9.17) is 15.2 Å². The van der Waals surface area contributed by atoms with Crippen molar-refractivity contribution in [1.29, 1.82) is 0 Å². The minimum Gasteiger partial charge on any atom is -0.493 e. The molecule has 0 saturated carbocycles. The maximum atomic E-state index is 12.2. The van der Waals surface area contributed by atoms with Crippen molar-refractivity contribution >= 4 is 17.3 Å². The third-order valence-electron chi connectivity index (χ3n) is 3.28. The van der Waals surface area contributed by atoms with E-state index in [-0.39, 0.29) is 5.91 Å². The third-order valence-corrected chi connectivity index (χ3v) is 3.28. The van der Waals surface area contributed by atoms with Gasteiger partial charge in [-0.2, -0.15) is 5.10 Å². The van der Waals surface area contributed by atoms with Gasteiger partial charge < -0.3 is 15.2 Å². The first-order chi connectivity index (χ1) is 11.0. The Morgan fingerprint density at radius 1 is 1.04 bits per heavy atom. The van der Waals surface area contributed by atoms with Gasteiger partial charge in [-0.1, -0.05) is 12.1 Å². The van der Waals surface area contributed by atoms with Crippen LogP contribution in [0.15, 0.2) is 47.6 Å². The number of nitrogens with zero attached hydrogens (tertiary/aromatic N) is 1. The molecule has 2 rings (SSSR count). The number of hydrogen-bond acceptors (Lipinski definition) is 5. The molecule has 0 saturated heterocycles. The van der Waals surface area contributed by atoms with Crippen molar-refractivity contribution in [2.75, 3.05) is 20.0 Å². The van der Waals surface area contributed by atoms with Crippen LogP contribution in [0.25, 0.3) is 0 Å². The summed E-state index contributed by atoms with van der Waals surface area (Å²) in [7, 11) is 3.05. The van der Waals surface area contributed by atoms with E-state index < -0.39 is 0 Å². The molecule has 0 aliphatic heterocycles. The fourth-order valence-corrected chi connectivity index (χ4v) is 2.00. The van der Waals surface area contributed by atoms with Crippen molar-refractivity contribution in [3.8, 4) is 11.5 Å². The highest BCUT2D eigenvalue weighted by atomic mass is 16.5. The molecule has 3 N–H and O–H groups in total. The first-order valence-electron chi connectivity index (χ1n) is 6.97. The van der Waals surface area contributed by atoms with Gasteiger partial charge in [0.05, 0.1) is 19.9 Å². The number of amides is 1. The van der Waals surface area contributed by atoms with E-state index in [1.54, 1.807) is 37.3 Å². The second-order valence-corrected chi connectivity index (χ2v) is 4.83. The van der Waals surface area contributed by atoms with E-state index in [1.165, 1.54) is 14.2 Å². The molecule has 0 aliphatic carbocycles. The lowest BCUT2D eigenvalue weighted by Crippen LogP contribution is -2.19. The molecule has 0 unspecified atom stereocenters. The summed E-state index contributed by atoms with van der Waals surface area (Å²) in [6.07, 6.45) is 0. The molecule has 0 radical (unpaired) electrons. The largest absolute Gasteiger partial charge is 0.493 e. The Morgan fingerprint density at radius 3 is 2.43 bits per heavy atom. The number of rotatable bonds is 5. The van der Waals surface area contributed by atoms with Crippen LogP contribution in [-0.2, 0) is 0 Å². The monoisotopic (exact) mass is 313 g/mol. The quantitative estimate of drug-likeness (QED) is 0.504. The lowest BCUT2D eigenvalue weighted by atomic mass is 10.1. The van der Waals surface area contributed by atoms with Gasteiger partial charge in [-0.15, -0.1) is 0 Å². The molecule has 1 amide bonds. The molecule has 0 aliphatic rings. The van der Waals surface area contributed by atoms with Crippen molar-refractivity contribution in [2.45, 2.75) is 6.92 Å². The smallest absolute Gasteiger partial charge is 0.271 e. The van der Waals surface area contributed by atoms with Crippen molar-refractivity contribution in [3.05, 3.63) is 53.6 Å². The summed E-state index contributed by atoms with van der Waals surface area (Å²) in [6.45, 7) is 1.80. The van der Waals surface area contributed by atoms with Crippen LogP contribution in [0.4, 0.5) is 5.69 Å². The molecule has 0 heterocycles. The molecule has 6 nitrogen and oxygen atoms in total. The molecule has 6 heteroatoms. The summed E-state index contributed by atoms with van der Waals surface area (Å²) in [5, 5.41) is 4.10. The molecule has 23 heavy (non-hydrogen) atoms. The van der Waals surface area contributed by atoms with E-state index in [0.29, 0.717) is 28.5 Å². The molecule has 0 bridgehead atoms. The topological polar surface area (TPSA) is 85.9 Å². The van der Waals surface area contributed by atoms with Gasteiger partial charge in [0.25, 0.3) is 5.91 Å². The number of methoxy groups -OCH3 is 2. The van der Waals surface area contributed by atoms with Crippen LogP contribution in [-0.4, -0.2) is 25.8 Å². The van der Waals surface area contributed by atoms with Crippen molar-refractivity contribution in [2.24, 2.45) is 5.10 Å². The number of hydrogen-bond donors (Lipinski definition) is 2. The molecule has 0 spiro atoms. The zero-order valence-corrected chi connectivity index (χ0v) is 13.3. The number of nitrogen functional groups attached to an aromatic ring is 1. The number of nitrogens with one attached hydrogen (secondary N) is 1. The second-order valence-electron chi connectivity index (χ2n) is 4.83. The summed E-state index contributed by atoms with van der Waals surface area (Å²) < 4.78 is 10.3. The fourth-order valence-electron chi connectivity index (χ4n) is 2.00. The van der Waals surface area contributed by atoms with Gasteiger partial charge in [-0.25, -0.2) is 5.43 Å². The zero-order valence-electron chi connectivity index (χ0n) is 13.3. The molecule has 2 aromatic rings. The van der Waals surface area contributed by atoms with Crippen LogP contribution < -0.4 is 20.6 Å². The predicted molar refractivity (Wildman–Crippen MR) is 90.1 cm³/mol. The molecular formula is C17H19N3O3. The van der Waals surface area contributed by atoms with Crippen LogP contribution >= 0.6 is 0 Å². The standard InChI is InChI=1S/C17H19N3O3/c1-11(12-5-4-6-14(18)9-12)19-20-17(21)13-7-8-15(22-2)16(10-13)23-3/h4-10H,18H2,1-3H3,(H,20,21). The van der Waals surface area contributed by atoms with Gasteiger partial charge in [-0.05, 0) is 42.8 Å². The Kier molecular flexibility index (Phi) is 5.19. The van der Waals surface area contributed by atoms with Crippen LogP contribution in [0.2, 0.25) is 0 Å². The Balaban J connectivity index is 2.14. The lowest BCUT2D eigenvalue weighted by molar-refractivity contribution is 0.0954. The Labute approximate surface area is 134 Å². The summed E-state index contributed by atoms with van der Waals surface area (Å²) in [4.78, 5) is 12.2. The van der Waals surface area contributed by atoms with Gasteiger partial charge in [0.2, 0.25) is 0 Å². The number of carbonyl (C=O) groups is 1. The second kappa shape index (κ2) is 7.31. The number of anilines is 1. The van der Waals surface area contributed by atoms with Gasteiger partial charge in [0.15, 0.2) is 11.5 Å². The van der Waals surface area contributed by atoms with E-state index in [1.807, 2.05) is 12.1 Å². The highest BCUT2D eigenvalue weighted by molar-refractivity contribution is 6.01. The van der Waals surface area contributed by atoms with Crippen LogP contribution in [0, 0.1) is 0 Å². The van der Waals surface area contributed by atoms with Crippen LogP contribution in [0.1, 0.15) is 22.8 Å².